The summed E-state index contributed by atoms with van der Waals surface area (Å²) in [6.07, 6.45) is 0.102. The molecule has 9 nitrogen and oxygen atoms in total. The molecule has 0 radical (unpaired) electrons. The van der Waals surface area contributed by atoms with Crippen LogP contribution in [0, 0.1) is 11.3 Å². The molecule has 0 bridgehead atoms. The number of nitrogens with one attached hydrogen (secondary N) is 1. The molecule has 1 N–H and O–H groups in total. The molecular formula is C23H27N3O6S. The van der Waals surface area contributed by atoms with Crippen LogP contribution in [0.3, 0.4) is 0 Å². The molecule has 2 amide bonds. The van der Waals surface area contributed by atoms with Gasteiger partial charge in [-0.1, -0.05) is 0 Å². The van der Waals surface area contributed by atoms with Gasteiger partial charge in [0.15, 0.2) is 11.5 Å². The van der Waals surface area contributed by atoms with E-state index in [1.807, 2.05) is 20.8 Å². The Bertz CT molecular complexity index is 1050. The molecule has 0 unspecified atom stereocenters. The van der Waals surface area contributed by atoms with Crippen LogP contribution in [0.4, 0.5) is 9.80 Å². The van der Waals surface area contributed by atoms with E-state index >= 15 is 0 Å². The van der Waals surface area contributed by atoms with Gasteiger partial charge in [0.05, 0.1) is 39.0 Å². The average Bonchev–Trinajstić information content (AvgIpc) is 3.16. The van der Waals surface area contributed by atoms with Gasteiger partial charge in [0, 0.05) is 17.0 Å². The van der Waals surface area contributed by atoms with Gasteiger partial charge in [-0.25, -0.2) is 4.79 Å². The predicted molar refractivity (Wildman–Crippen MR) is 123 cm³/mol. The van der Waals surface area contributed by atoms with Crippen molar-refractivity contribution < 1.29 is 28.5 Å². The van der Waals surface area contributed by atoms with Gasteiger partial charge >= 0.3 is 6.09 Å². The molecule has 0 saturated heterocycles. The highest BCUT2D eigenvalue weighted by atomic mass is 32.1. The van der Waals surface area contributed by atoms with Crippen molar-refractivity contribution in [2.45, 2.75) is 33.7 Å². The number of thiophene rings is 1. The first-order chi connectivity index (χ1) is 16.0. The van der Waals surface area contributed by atoms with Crippen molar-refractivity contribution >= 4 is 28.3 Å². The molecule has 176 valence electrons. The number of carbonyl (C=O) groups is 2. The van der Waals surface area contributed by atoms with Gasteiger partial charge in [-0.05, 0) is 44.9 Å². The first-order valence-electron chi connectivity index (χ1n) is 10.7. The lowest BCUT2D eigenvalue weighted by Gasteiger charge is -2.25. The van der Waals surface area contributed by atoms with Crippen LogP contribution in [-0.2, 0) is 17.7 Å². The number of benzene rings is 1. The van der Waals surface area contributed by atoms with E-state index in [4.69, 9.17) is 18.9 Å². The smallest absolute Gasteiger partial charge is 0.409 e. The second kappa shape index (κ2) is 10.9. The maximum Gasteiger partial charge on any atom is 0.409 e. The fraction of sp³-hybridized carbons (Fsp3) is 0.435. The number of amides is 2. The lowest BCUT2D eigenvalue weighted by Crippen LogP contribution is -2.35. The number of ether oxygens (including phenoxy) is 4. The molecule has 0 saturated carbocycles. The maximum absolute atomic E-state index is 13.1. The largest absolute Gasteiger partial charge is 0.490 e. The van der Waals surface area contributed by atoms with Crippen molar-refractivity contribution in [3.63, 3.8) is 0 Å². The van der Waals surface area contributed by atoms with E-state index in [2.05, 4.69) is 11.4 Å². The van der Waals surface area contributed by atoms with Gasteiger partial charge in [0.1, 0.15) is 11.1 Å². The van der Waals surface area contributed by atoms with Crippen molar-refractivity contribution in [1.29, 1.82) is 5.26 Å². The Morgan fingerprint density at radius 1 is 1.12 bits per heavy atom. The van der Waals surface area contributed by atoms with Crippen LogP contribution in [0.2, 0.25) is 0 Å². The molecule has 10 heteroatoms. The Kier molecular flexibility index (Phi) is 8.01. The van der Waals surface area contributed by atoms with Crippen LogP contribution < -0.4 is 19.5 Å². The second-order valence-electron chi connectivity index (χ2n) is 7.02. The molecule has 0 fully saturated rings. The van der Waals surface area contributed by atoms with E-state index in [9.17, 15) is 14.9 Å². The van der Waals surface area contributed by atoms with Crippen LogP contribution in [0.25, 0.3) is 0 Å². The summed E-state index contributed by atoms with van der Waals surface area (Å²) in [5.41, 5.74) is 1.60. The van der Waals surface area contributed by atoms with Crippen molar-refractivity contribution in [1.82, 2.24) is 4.90 Å². The number of hydrogen-bond donors (Lipinski definition) is 1. The minimum absolute atomic E-state index is 0.316. The topological polar surface area (TPSA) is 110 Å². The van der Waals surface area contributed by atoms with Gasteiger partial charge in [-0.15, -0.1) is 11.3 Å². The van der Waals surface area contributed by atoms with Crippen LogP contribution in [0.15, 0.2) is 12.1 Å². The quantitative estimate of drug-likeness (QED) is 0.612. The molecule has 1 aliphatic rings. The summed E-state index contributed by atoms with van der Waals surface area (Å²) < 4.78 is 21.9. The van der Waals surface area contributed by atoms with Gasteiger partial charge in [-0.2, -0.15) is 5.26 Å². The number of nitriles is 1. The minimum atomic E-state index is -0.417. The fourth-order valence-corrected chi connectivity index (χ4v) is 4.80. The third-order valence-corrected chi connectivity index (χ3v) is 6.13. The summed E-state index contributed by atoms with van der Waals surface area (Å²) >= 11 is 1.29. The van der Waals surface area contributed by atoms with Crippen LogP contribution in [0.5, 0.6) is 17.2 Å². The molecule has 0 spiro atoms. The molecule has 2 heterocycles. The highest BCUT2D eigenvalue weighted by Gasteiger charge is 2.28. The van der Waals surface area contributed by atoms with E-state index in [1.54, 1.807) is 17.0 Å². The lowest BCUT2D eigenvalue weighted by atomic mass is 10.0. The highest BCUT2D eigenvalue weighted by Crippen LogP contribution is 2.40. The molecule has 0 aliphatic carbocycles. The zero-order valence-corrected chi connectivity index (χ0v) is 20.0. The Hall–Kier alpha value is -3.45. The summed E-state index contributed by atoms with van der Waals surface area (Å²) in [5.74, 6) is 0.870. The maximum atomic E-state index is 13.1. The van der Waals surface area contributed by atoms with Gasteiger partial charge < -0.3 is 29.2 Å². The zero-order chi connectivity index (χ0) is 24.0. The van der Waals surface area contributed by atoms with Crippen LogP contribution in [-0.4, -0.2) is 50.4 Å². The van der Waals surface area contributed by atoms with Gasteiger partial charge in [-0.3, -0.25) is 4.79 Å². The third-order valence-electron chi connectivity index (χ3n) is 5.00. The lowest BCUT2D eigenvalue weighted by molar-refractivity contribution is 0.102. The molecular weight excluding hydrogens is 446 g/mol. The molecule has 1 aromatic carbocycles. The molecule has 2 aromatic rings. The normalized spacial score (nSPS) is 12.4. The number of anilines is 1. The summed E-state index contributed by atoms with van der Waals surface area (Å²) in [4.78, 5) is 27.5. The van der Waals surface area contributed by atoms with Gasteiger partial charge in [0.2, 0.25) is 5.75 Å². The molecule has 3 rings (SSSR count). The number of rotatable bonds is 8. The number of hydrogen-bond acceptors (Lipinski definition) is 8. The Morgan fingerprint density at radius 2 is 1.76 bits per heavy atom. The molecule has 1 aliphatic heterocycles. The van der Waals surface area contributed by atoms with Crippen molar-refractivity contribution in [2.24, 2.45) is 0 Å². The van der Waals surface area contributed by atoms with Crippen LogP contribution >= 0.6 is 11.3 Å². The summed E-state index contributed by atoms with van der Waals surface area (Å²) in [7, 11) is 1.34. The molecule has 1 aromatic heterocycles. The second-order valence-corrected chi connectivity index (χ2v) is 8.12. The average molecular weight is 474 g/mol. The predicted octanol–water partition coefficient (Wildman–Crippen LogP) is 4.19. The Balaban J connectivity index is 1.92. The van der Waals surface area contributed by atoms with E-state index in [-0.39, 0.29) is 0 Å². The first kappa shape index (κ1) is 24.2. The first-order valence-corrected chi connectivity index (χ1v) is 11.5. The fourth-order valence-electron chi connectivity index (χ4n) is 3.59. The van der Waals surface area contributed by atoms with Crippen LogP contribution in [0.1, 0.15) is 47.1 Å². The number of carbonyl (C=O) groups excluding carboxylic acids is 2. The Morgan fingerprint density at radius 3 is 2.30 bits per heavy atom. The number of fused-ring (bicyclic) bond motifs is 1. The standard InChI is InChI=1S/C23H27N3O6S/c1-5-30-17-10-14(11-18(31-6-2)20(17)32-7-3)21(27)25-22-16(12-24)15-8-9-26(23(28)29-4)13-19(15)33-22/h10-11H,5-9,13H2,1-4H3,(H,25,27). The van der Waals surface area contributed by atoms with Gasteiger partial charge in [0.25, 0.3) is 5.91 Å². The van der Waals surface area contributed by atoms with E-state index in [1.165, 1.54) is 18.4 Å². The monoisotopic (exact) mass is 473 g/mol. The van der Waals surface area contributed by atoms with Crippen molar-refractivity contribution in [3.05, 3.63) is 33.7 Å². The molecule has 33 heavy (non-hydrogen) atoms. The summed E-state index contributed by atoms with van der Waals surface area (Å²) in [5, 5.41) is 13.0. The van der Waals surface area contributed by atoms with E-state index in [0.717, 1.165) is 10.4 Å². The Labute approximate surface area is 196 Å². The van der Waals surface area contributed by atoms with E-state index < -0.39 is 12.0 Å². The van der Waals surface area contributed by atoms with E-state index in [0.29, 0.717) is 72.7 Å². The SMILES string of the molecule is CCOc1cc(C(=O)Nc2sc3c(c2C#N)CCN(C(=O)OC)C3)cc(OCC)c1OCC. The summed E-state index contributed by atoms with van der Waals surface area (Å²) in [6.45, 7) is 7.53. The summed E-state index contributed by atoms with van der Waals surface area (Å²) in [6, 6.07) is 5.40. The zero-order valence-electron chi connectivity index (χ0n) is 19.1. The van der Waals surface area contributed by atoms with Crippen molar-refractivity contribution in [2.75, 3.05) is 38.8 Å². The number of nitrogens with zero attached hydrogens (tertiary/aromatic N) is 2. The third kappa shape index (κ3) is 5.14. The minimum Gasteiger partial charge on any atom is -0.490 e. The van der Waals surface area contributed by atoms with Crippen molar-refractivity contribution in [3.8, 4) is 23.3 Å². The number of methoxy groups -OCH3 is 1. The highest BCUT2D eigenvalue weighted by molar-refractivity contribution is 7.16. The molecule has 0 atom stereocenters.